The summed E-state index contributed by atoms with van der Waals surface area (Å²) in [7, 11) is 0. The minimum Gasteiger partial charge on any atom is -0.395 e. The van der Waals surface area contributed by atoms with Gasteiger partial charge in [-0.15, -0.1) is 0 Å². The topological polar surface area (TPSA) is 52.6 Å². The average Bonchev–Trinajstić information content (AvgIpc) is 2.14. The Bertz CT molecular complexity index is 257. The van der Waals surface area contributed by atoms with Crippen LogP contribution < -0.4 is 5.32 Å². The molecule has 1 amide bonds. The third-order valence-corrected chi connectivity index (χ3v) is 2.57. The molecule has 7 heteroatoms. The van der Waals surface area contributed by atoms with E-state index in [4.69, 9.17) is 5.11 Å². The molecule has 0 fully saturated rings. The van der Waals surface area contributed by atoms with Crippen LogP contribution in [0.4, 0.5) is 13.2 Å². The fraction of sp³-hybridized carbons (Fsp3) is 0.909. The molecule has 0 heterocycles. The molecule has 0 aromatic rings. The number of aliphatic hydroxyl groups is 1. The Kier molecular flexibility index (Phi) is 7.23. The number of carbonyl (C=O) groups is 1. The van der Waals surface area contributed by atoms with Crippen LogP contribution in [-0.2, 0) is 4.79 Å². The molecule has 0 aromatic carbocycles. The zero-order chi connectivity index (χ0) is 14.3. The normalized spacial score (nSPS) is 14.1. The first-order valence-corrected chi connectivity index (χ1v) is 5.85. The van der Waals surface area contributed by atoms with Crippen LogP contribution in [0.3, 0.4) is 0 Å². The molecule has 0 rings (SSSR count). The SMILES string of the molecule is CC(C)C(C)NC(=O)CN(CCO)CC(F)(F)F. The maximum atomic E-state index is 12.2. The molecule has 108 valence electrons. The lowest BCUT2D eigenvalue weighted by Gasteiger charge is -2.24. The maximum absolute atomic E-state index is 12.2. The molecule has 2 N–H and O–H groups in total. The van der Waals surface area contributed by atoms with Crippen molar-refractivity contribution in [3.8, 4) is 0 Å². The molecule has 18 heavy (non-hydrogen) atoms. The molecule has 4 nitrogen and oxygen atoms in total. The quantitative estimate of drug-likeness (QED) is 0.726. The lowest BCUT2D eigenvalue weighted by atomic mass is 10.1. The second-order valence-electron chi connectivity index (χ2n) is 4.65. The van der Waals surface area contributed by atoms with Crippen molar-refractivity contribution in [1.29, 1.82) is 0 Å². The summed E-state index contributed by atoms with van der Waals surface area (Å²) >= 11 is 0. The molecule has 0 aromatic heterocycles. The van der Waals surface area contributed by atoms with Crippen LogP contribution in [0.15, 0.2) is 0 Å². The summed E-state index contributed by atoms with van der Waals surface area (Å²) in [6.45, 7) is 3.46. The van der Waals surface area contributed by atoms with Crippen LogP contribution in [-0.4, -0.2) is 54.4 Å². The number of amides is 1. The number of halogens is 3. The Morgan fingerprint density at radius 2 is 1.89 bits per heavy atom. The van der Waals surface area contributed by atoms with E-state index < -0.39 is 25.2 Å². The molecule has 0 aliphatic heterocycles. The van der Waals surface area contributed by atoms with Gasteiger partial charge in [-0.05, 0) is 12.8 Å². The Hall–Kier alpha value is -0.820. The third-order valence-electron chi connectivity index (χ3n) is 2.57. The van der Waals surface area contributed by atoms with Gasteiger partial charge >= 0.3 is 6.18 Å². The zero-order valence-corrected chi connectivity index (χ0v) is 10.9. The predicted molar refractivity (Wildman–Crippen MR) is 62.0 cm³/mol. The largest absolute Gasteiger partial charge is 0.401 e. The maximum Gasteiger partial charge on any atom is 0.401 e. The molecule has 1 unspecified atom stereocenters. The van der Waals surface area contributed by atoms with Crippen molar-refractivity contribution in [2.24, 2.45) is 5.92 Å². The van der Waals surface area contributed by atoms with E-state index in [1.165, 1.54) is 0 Å². The molecular formula is C11H21F3N2O2. The lowest BCUT2D eigenvalue weighted by molar-refractivity contribution is -0.149. The summed E-state index contributed by atoms with van der Waals surface area (Å²) in [6, 6.07) is -0.0978. The number of nitrogens with zero attached hydrogens (tertiary/aromatic N) is 1. The van der Waals surface area contributed by atoms with Crippen molar-refractivity contribution in [2.75, 3.05) is 26.2 Å². The zero-order valence-electron chi connectivity index (χ0n) is 10.9. The van der Waals surface area contributed by atoms with E-state index in [1.807, 2.05) is 13.8 Å². The molecular weight excluding hydrogens is 249 g/mol. The highest BCUT2D eigenvalue weighted by molar-refractivity contribution is 5.78. The Morgan fingerprint density at radius 3 is 2.28 bits per heavy atom. The fourth-order valence-electron chi connectivity index (χ4n) is 1.28. The van der Waals surface area contributed by atoms with Crippen molar-refractivity contribution in [1.82, 2.24) is 10.2 Å². The number of nitrogens with one attached hydrogen (secondary N) is 1. The van der Waals surface area contributed by atoms with Crippen LogP contribution in [0.5, 0.6) is 0 Å². The van der Waals surface area contributed by atoms with Gasteiger partial charge in [-0.3, -0.25) is 9.69 Å². The number of aliphatic hydroxyl groups excluding tert-OH is 1. The van der Waals surface area contributed by atoms with Crippen LogP contribution in [0, 0.1) is 5.92 Å². The first-order chi connectivity index (χ1) is 8.15. The smallest absolute Gasteiger partial charge is 0.395 e. The van der Waals surface area contributed by atoms with Crippen LogP contribution in [0.2, 0.25) is 0 Å². The molecule has 0 aliphatic carbocycles. The van der Waals surface area contributed by atoms with E-state index in [9.17, 15) is 18.0 Å². The van der Waals surface area contributed by atoms with E-state index in [0.29, 0.717) is 0 Å². The Balaban J connectivity index is 4.27. The molecule has 1 atom stereocenters. The summed E-state index contributed by atoms with van der Waals surface area (Å²) in [5.41, 5.74) is 0. The Labute approximate surface area is 105 Å². The van der Waals surface area contributed by atoms with Crippen molar-refractivity contribution in [3.05, 3.63) is 0 Å². The number of hydrogen-bond donors (Lipinski definition) is 2. The monoisotopic (exact) mass is 270 g/mol. The van der Waals surface area contributed by atoms with Gasteiger partial charge < -0.3 is 10.4 Å². The number of carbonyl (C=O) groups excluding carboxylic acids is 1. The van der Waals surface area contributed by atoms with Gasteiger partial charge in [0.15, 0.2) is 0 Å². The predicted octanol–water partition coefficient (Wildman–Crippen LogP) is 1.00. The fourth-order valence-corrected chi connectivity index (χ4v) is 1.28. The first-order valence-electron chi connectivity index (χ1n) is 5.85. The third kappa shape index (κ3) is 8.30. The van der Waals surface area contributed by atoms with E-state index in [1.54, 1.807) is 6.92 Å². The van der Waals surface area contributed by atoms with Crippen molar-refractivity contribution >= 4 is 5.91 Å². The second kappa shape index (κ2) is 7.58. The molecule has 0 spiro atoms. The van der Waals surface area contributed by atoms with Gasteiger partial charge in [0.1, 0.15) is 0 Å². The van der Waals surface area contributed by atoms with Gasteiger partial charge in [-0.1, -0.05) is 13.8 Å². The van der Waals surface area contributed by atoms with Crippen molar-refractivity contribution in [2.45, 2.75) is 33.0 Å². The number of hydrogen-bond acceptors (Lipinski definition) is 3. The summed E-state index contributed by atoms with van der Waals surface area (Å²) < 4.78 is 36.6. The van der Waals surface area contributed by atoms with Crippen molar-refractivity contribution in [3.63, 3.8) is 0 Å². The Morgan fingerprint density at radius 1 is 1.33 bits per heavy atom. The first kappa shape index (κ1) is 17.2. The summed E-state index contributed by atoms with van der Waals surface area (Å²) in [5.74, 6) is -0.253. The standard InChI is InChI=1S/C11H21F3N2O2/c1-8(2)9(3)15-10(18)6-16(4-5-17)7-11(12,13)14/h8-9,17H,4-7H2,1-3H3,(H,15,18). The van der Waals surface area contributed by atoms with Gasteiger partial charge in [0.25, 0.3) is 0 Å². The highest BCUT2D eigenvalue weighted by Gasteiger charge is 2.31. The van der Waals surface area contributed by atoms with E-state index in [-0.39, 0.29) is 25.0 Å². The van der Waals surface area contributed by atoms with Crippen molar-refractivity contribution < 1.29 is 23.1 Å². The van der Waals surface area contributed by atoms with Gasteiger partial charge in [-0.2, -0.15) is 13.2 Å². The minimum atomic E-state index is -4.38. The van der Waals surface area contributed by atoms with Gasteiger partial charge in [0.2, 0.25) is 5.91 Å². The van der Waals surface area contributed by atoms with Crippen LogP contribution in [0.1, 0.15) is 20.8 Å². The molecule has 0 bridgehead atoms. The van der Waals surface area contributed by atoms with Crippen LogP contribution >= 0.6 is 0 Å². The van der Waals surface area contributed by atoms with Gasteiger partial charge in [0.05, 0.1) is 19.7 Å². The number of alkyl halides is 3. The highest BCUT2D eigenvalue weighted by atomic mass is 19.4. The van der Waals surface area contributed by atoms with Gasteiger partial charge in [0, 0.05) is 12.6 Å². The van der Waals surface area contributed by atoms with Gasteiger partial charge in [-0.25, -0.2) is 0 Å². The van der Waals surface area contributed by atoms with E-state index in [0.717, 1.165) is 4.90 Å². The molecule has 0 aliphatic rings. The van der Waals surface area contributed by atoms with E-state index in [2.05, 4.69) is 5.32 Å². The number of rotatable bonds is 7. The second-order valence-corrected chi connectivity index (χ2v) is 4.65. The molecule has 0 saturated heterocycles. The summed E-state index contributed by atoms with van der Waals surface area (Å²) in [4.78, 5) is 12.4. The lowest BCUT2D eigenvalue weighted by Crippen LogP contribution is -2.46. The summed E-state index contributed by atoms with van der Waals surface area (Å²) in [6.07, 6.45) is -4.38. The minimum absolute atomic E-state index is 0.0978. The van der Waals surface area contributed by atoms with E-state index >= 15 is 0 Å². The summed E-state index contributed by atoms with van der Waals surface area (Å²) in [5, 5.41) is 11.3. The highest BCUT2D eigenvalue weighted by Crippen LogP contribution is 2.16. The molecule has 0 radical (unpaired) electrons. The molecule has 0 saturated carbocycles. The van der Waals surface area contributed by atoms with Crippen LogP contribution in [0.25, 0.3) is 0 Å². The average molecular weight is 270 g/mol.